The van der Waals surface area contributed by atoms with Crippen LogP contribution in [0.5, 0.6) is 0 Å². The van der Waals surface area contributed by atoms with Crippen molar-refractivity contribution in [2.45, 2.75) is 13.1 Å². The molecule has 0 saturated carbocycles. The van der Waals surface area contributed by atoms with Gasteiger partial charge in [-0.25, -0.2) is 0 Å². The maximum Gasteiger partial charge on any atom is 0.174 e. The maximum atomic E-state index is 5.65. The molecule has 3 rings (SSSR count). The van der Waals surface area contributed by atoms with Crippen molar-refractivity contribution in [2.75, 3.05) is 4.90 Å². The fourth-order valence-corrected chi connectivity index (χ4v) is 3.21. The van der Waals surface area contributed by atoms with Crippen molar-refractivity contribution in [3.05, 3.63) is 88.6 Å². The van der Waals surface area contributed by atoms with Crippen LogP contribution in [0.15, 0.2) is 78.2 Å². The summed E-state index contributed by atoms with van der Waals surface area (Å²) in [5.41, 5.74) is 2.33. The smallest absolute Gasteiger partial charge is 0.174 e. The van der Waals surface area contributed by atoms with Crippen molar-refractivity contribution in [2.24, 2.45) is 0 Å². The number of thiocarbonyl (C=S) groups is 1. The van der Waals surface area contributed by atoms with Gasteiger partial charge in [-0.3, -0.25) is 0 Å². The van der Waals surface area contributed by atoms with E-state index in [0.717, 1.165) is 23.9 Å². The second-order valence-corrected chi connectivity index (χ2v) is 6.56. The zero-order valence-corrected chi connectivity index (χ0v) is 14.3. The molecule has 2 aromatic carbocycles. The van der Waals surface area contributed by atoms with Gasteiger partial charge in [-0.05, 0) is 41.4 Å². The first-order valence-corrected chi connectivity index (χ1v) is 8.78. The van der Waals surface area contributed by atoms with Gasteiger partial charge < -0.3 is 10.2 Å². The average molecular weight is 339 g/mol. The third-order valence-electron chi connectivity index (χ3n) is 3.49. The van der Waals surface area contributed by atoms with Crippen molar-refractivity contribution in [3.8, 4) is 0 Å². The standard InChI is InChI=1S/C19H18N2S2/c22-19(20-14-18-12-7-13-23-18)21(17-10-5-2-6-11-17)15-16-8-3-1-4-9-16/h1-13H,14-15H2,(H,20,22). The minimum atomic E-state index is 0.744. The van der Waals surface area contributed by atoms with Gasteiger partial charge >= 0.3 is 0 Å². The van der Waals surface area contributed by atoms with E-state index in [4.69, 9.17) is 12.2 Å². The predicted octanol–water partition coefficient (Wildman–Crippen LogP) is 4.83. The van der Waals surface area contributed by atoms with Crippen molar-refractivity contribution in [1.29, 1.82) is 0 Å². The number of anilines is 1. The molecule has 1 aromatic heterocycles. The second-order valence-electron chi connectivity index (χ2n) is 5.15. The van der Waals surface area contributed by atoms with E-state index in [1.54, 1.807) is 11.3 Å². The molecule has 0 aliphatic rings. The van der Waals surface area contributed by atoms with Crippen LogP contribution in [0, 0.1) is 0 Å². The lowest BCUT2D eigenvalue weighted by Gasteiger charge is -2.26. The fourth-order valence-electron chi connectivity index (χ4n) is 2.33. The first-order valence-electron chi connectivity index (χ1n) is 7.49. The highest BCUT2D eigenvalue weighted by Crippen LogP contribution is 2.17. The maximum absolute atomic E-state index is 5.65. The molecule has 116 valence electrons. The molecule has 0 atom stereocenters. The SMILES string of the molecule is S=C(NCc1cccs1)N(Cc1ccccc1)c1ccccc1. The highest BCUT2D eigenvalue weighted by atomic mass is 32.1. The fraction of sp³-hybridized carbons (Fsp3) is 0.105. The summed E-state index contributed by atoms with van der Waals surface area (Å²) in [5.74, 6) is 0. The molecule has 0 aliphatic heterocycles. The number of benzene rings is 2. The summed E-state index contributed by atoms with van der Waals surface area (Å²) in [5, 5.41) is 6.20. The van der Waals surface area contributed by atoms with Crippen LogP contribution in [0.2, 0.25) is 0 Å². The molecule has 0 bridgehead atoms. The van der Waals surface area contributed by atoms with Crippen LogP contribution >= 0.6 is 23.6 Å². The Morgan fingerprint density at radius 3 is 2.26 bits per heavy atom. The molecule has 2 nitrogen and oxygen atoms in total. The molecule has 3 aromatic rings. The summed E-state index contributed by atoms with van der Waals surface area (Å²) in [6.45, 7) is 1.51. The number of hydrogen-bond donors (Lipinski definition) is 1. The van der Waals surface area contributed by atoms with E-state index < -0.39 is 0 Å². The first kappa shape index (κ1) is 15.7. The van der Waals surface area contributed by atoms with E-state index in [-0.39, 0.29) is 0 Å². The molecule has 23 heavy (non-hydrogen) atoms. The number of thiophene rings is 1. The zero-order chi connectivity index (χ0) is 15.9. The first-order chi connectivity index (χ1) is 11.3. The van der Waals surface area contributed by atoms with Crippen LogP contribution in [-0.4, -0.2) is 5.11 Å². The Morgan fingerprint density at radius 2 is 1.61 bits per heavy atom. The van der Waals surface area contributed by atoms with Crippen molar-refractivity contribution in [3.63, 3.8) is 0 Å². The molecule has 4 heteroatoms. The van der Waals surface area contributed by atoms with Gasteiger partial charge in [-0.2, -0.15) is 0 Å². The normalized spacial score (nSPS) is 10.3. The lowest BCUT2D eigenvalue weighted by Crippen LogP contribution is -2.39. The predicted molar refractivity (Wildman–Crippen MR) is 103 cm³/mol. The van der Waals surface area contributed by atoms with Gasteiger partial charge in [0, 0.05) is 10.6 Å². The van der Waals surface area contributed by atoms with Gasteiger partial charge in [0.15, 0.2) is 5.11 Å². The lowest BCUT2D eigenvalue weighted by atomic mass is 10.2. The molecule has 0 amide bonds. The molecular formula is C19H18N2S2. The van der Waals surface area contributed by atoms with E-state index >= 15 is 0 Å². The summed E-state index contributed by atoms with van der Waals surface area (Å²) in [7, 11) is 0. The molecule has 0 saturated heterocycles. The summed E-state index contributed by atoms with van der Waals surface area (Å²) < 4.78 is 0. The summed E-state index contributed by atoms with van der Waals surface area (Å²) in [6, 6.07) is 24.8. The van der Waals surface area contributed by atoms with Gasteiger partial charge in [-0.15, -0.1) is 11.3 Å². The minimum Gasteiger partial charge on any atom is -0.357 e. The Kier molecular flexibility index (Phi) is 5.40. The molecule has 1 N–H and O–H groups in total. The van der Waals surface area contributed by atoms with E-state index in [1.165, 1.54) is 10.4 Å². The van der Waals surface area contributed by atoms with Gasteiger partial charge in [-0.1, -0.05) is 54.6 Å². The molecule has 0 unspecified atom stereocenters. The molecule has 0 radical (unpaired) electrons. The highest BCUT2D eigenvalue weighted by molar-refractivity contribution is 7.80. The summed E-state index contributed by atoms with van der Waals surface area (Å²) in [6.07, 6.45) is 0. The van der Waals surface area contributed by atoms with E-state index in [1.807, 2.05) is 24.3 Å². The summed E-state index contributed by atoms with van der Waals surface area (Å²) >= 11 is 7.38. The van der Waals surface area contributed by atoms with E-state index in [9.17, 15) is 0 Å². The van der Waals surface area contributed by atoms with Crippen LogP contribution in [0.4, 0.5) is 5.69 Å². The molecule has 0 fully saturated rings. The quantitative estimate of drug-likeness (QED) is 0.671. The van der Waals surface area contributed by atoms with Crippen molar-refractivity contribution < 1.29 is 0 Å². The number of para-hydroxylation sites is 1. The Balaban J connectivity index is 1.75. The Labute approximate surface area is 146 Å². The average Bonchev–Trinajstić information content (AvgIpc) is 3.13. The second kappa shape index (κ2) is 7.90. The third kappa shape index (κ3) is 4.41. The summed E-state index contributed by atoms with van der Waals surface area (Å²) in [4.78, 5) is 3.42. The lowest BCUT2D eigenvalue weighted by molar-refractivity contribution is 0.890. The third-order valence-corrected chi connectivity index (χ3v) is 4.73. The number of rotatable bonds is 5. The van der Waals surface area contributed by atoms with Crippen LogP contribution < -0.4 is 10.2 Å². The number of nitrogens with zero attached hydrogens (tertiary/aromatic N) is 1. The van der Waals surface area contributed by atoms with Crippen molar-refractivity contribution in [1.82, 2.24) is 5.32 Å². The Bertz CT molecular complexity index is 725. The largest absolute Gasteiger partial charge is 0.357 e. The van der Waals surface area contributed by atoms with E-state index in [0.29, 0.717) is 0 Å². The van der Waals surface area contributed by atoms with Crippen LogP contribution in [0.3, 0.4) is 0 Å². The number of hydrogen-bond acceptors (Lipinski definition) is 2. The van der Waals surface area contributed by atoms with Crippen LogP contribution in [0.25, 0.3) is 0 Å². The number of nitrogens with one attached hydrogen (secondary N) is 1. The molecule has 0 aliphatic carbocycles. The van der Waals surface area contributed by atoms with Gasteiger partial charge in [0.05, 0.1) is 13.1 Å². The highest BCUT2D eigenvalue weighted by Gasteiger charge is 2.12. The van der Waals surface area contributed by atoms with Crippen LogP contribution in [0.1, 0.15) is 10.4 Å². The molecule has 0 spiro atoms. The Hall–Kier alpha value is -2.17. The Morgan fingerprint density at radius 1 is 0.913 bits per heavy atom. The van der Waals surface area contributed by atoms with Crippen LogP contribution in [-0.2, 0) is 13.1 Å². The van der Waals surface area contributed by atoms with Gasteiger partial charge in [0.1, 0.15) is 0 Å². The molecular weight excluding hydrogens is 320 g/mol. The van der Waals surface area contributed by atoms with Gasteiger partial charge in [0.2, 0.25) is 0 Å². The monoisotopic (exact) mass is 338 g/mol. The topological polar surface area (TPSA) is 15.3 Å². The van der Waals surface area contributed by atoms with Gasteiger partial charge in [0.25, 0.3) is 0 Å². The molecule has 1 heterocycles. The zero-order valence-electron chi connectivity index (χ0n) is 12.7. The van der Waals surface area contributed by atoms with Crippen molar-refractivity contribution >= 4 is 34.4 Å². The minimum absolute atomic E-state index is 0.744. The van der Waals surface area contributed by atoms with E-state index in [2.05, 4.69) is 64.1 Å².